The van der Waals surface area contributed by atoms with E-state index in [1.54, 1.807) is 0 Å². The van der Waals surface area contributed by atoms with Crippen LogP contribution in [0, 0.1) is 5.92 Å². The molecule has 4 fully saturated rings. The van der Waals surface area contributed by atoms with Crippen LogP contribution in [0.1, 0.15) is 83.1 Å². The summed E-state index contributed by atoms with van der Waals surface area (Å²) in [7, 11) is 0. The van der Waals surface area contributed by atoms with Gasteiger partial charge >= 0.3 is 0 Å². The van der Waals surface area contributed by atoms with Crippen LogP contribution in [0.2, 0.25) is 0 Å². The Hall–Kier alpha value is -1.62. The lowest BCUT2D eigenvalue weighted by Gasteiger charge is -2.52. The molecule has 4 heteroatoms. The molecule has 4 aliphatic carbocycles. The number of ether oxygens (including phenoxy) is 1. The molecule has 4 saturated carbocycles. The Labute approximate surface area is 186 Å². The van der Waals surface area contributed by atoms with Gasteiger partial charge in [-0.3, -0.25) is 5.26 Å². The van der Waals surface area contributed by atoms with E-state index >= 15 is 0 Å². The fourth-order valence-electron chi connectivity index (χ4n) is 6.15. The van der Waals surface area contributed by atoms with Gasteiger partial charge in [-0.1, -0.05) is 31.5 Å². The molecule has 0 radical (unpaired) electrons. The van der Waals surface area contributed by atoms with Crippen LogP contribution in [0.15, 0.2) is 36.4 Å². The SMILES string of the molecule is CCC1CCC(Oc2ccc3cc(CNC45CCC(OO)(CC4)CC5)ccc3c2)CC1. The van der Waals surface area contributed by atoms with Gasteiger partial charge in [-0.25, -0.2) is 4.89 Å². The summed E-state index contributed by atoms with van der Waals surface area (Å²) in [6.45, 7) is 3.20. The zero-order valence-electron chi connectivity index (χ0n) is 18.9. The summed E-state index contributed by atoms with van der Waals surface area (Å²) in [6.07, 6.45) is 12.8. The minimum Gasteiger partial charge on any atom is -0.490 e. The fraction of sp³-hybridized carbons (Fsp3) is 0.630. The molecule has 2 aromatic carbocycles. The van der Waals surface area contributed by atoms with Crippen molar-refractivity contribution < 1.29 is 14.9 Å². The highest BCUT2D eigenvalue weighted by Gasteiger charge is 2.49. The van der Waals surface area contributed by atoms with Gasteiger partial charge in [-0.2, -0.15) is 0 Å². The van der Waals surface area contributed by atoms with Gasteiger partial charge in [0, 0.05) is 12.1 Å². The zero-order valence-corrected chi connectivity index (χ0v) is 18.9. The second-order valence-corrected chi connectivity index (χ2v) is 10.4. The smallest absolute Gasteiger partial charge is 0.120 e. The maximum Gasteiger partial charge on any atom is 0.120 e. The van der Waals surface area contributed by atoms with Gasteiger partial charge in [-0.15, -0.1) is 0 Å². The summed E-state index contributed by atoms with van der Waals surface area (Å²) < 4.78 is 6.32. The van der Waals surface area contributed by atoms with E-state index in [-0.39, 0.29) is 11.1 Å². The first kappa shape index (κ1) is 21.2. The highest BCUT2D eigenvalue weighted by atomic mass is 17.1. The number of hydrogen-bond acceptors (Lipinski definition) is 4. The van der Waals surface area contributed by atoms with Crippen LogP contribution >= 0.6 is 0 Å². The molecule has 0 aromatic heterocycles. The molecule has 4 aliphatic rings. The first-order valence-electron chi connectivity index (χ1n) is 12.4. The van der Waals surface area contributed by atoms with Gasteiger partial charge in [0.25, 0.3) is 0 Å². The van der Waals surface area contributed by atoms with Crippen molar-refractivity contribution >= 4 is 10.8 Å². The number of rotatable bonds is 7. The minimum atomic E-state index is -0.262. The molecule has 2 bridgehead atoms. The van der Waals surface area contributed by atoms with E-state index in [2.05, 4.69) is 48.6 Å². The topological polar surface area (TPSA) is 50.7 Å². The third-order valence-electron chi connectivity index (χ3n) is 8.59. The molecule has 0 amide bonds. The van der Waals surface area contributed by atoms with E-state index in [9.17, 15) is 5.26 Å². The van der Waals surface area contributed by atoms with E-state index in [4.69, 9.17) is 9.62 Å². The average Bonchev–Trinajstić information content (AvgIpc) is 2.84. The van der Waals surface area contributed by atoms with Crippen LogP contribution in [0.4, 0.5) is 0 Å². The third-order valence-corrected chi connectivity index (χ3v) is 8.59. The fourth-order valence-corrected chi connectivity index (χ4v) is 6.15. The van der Waals surface area contributed by atoms with Crippen LogP contribution in [-0.4, -0.2) is 22.5 Å². The van der Waals surface area contributed by atoms with E-state index in [1.807, 2.05) is 0 Å². The van der Waals surface area contributed by atoms with Gasteiger partial charge in [0.05, 0.1) is 6.10 Å². The Kier molecular flexibility index (Phi) is 5.98. The molecule has 2 aromatic rings. The number of hydrogen-bond donors (Lipinski definition) is 2. The van der Waals surface area contributed by atoms with E-state index in [0.29, 0.717) is 6.10 Å². The molecule has 6 rings (SSSR count). The number of benzene rings is 2. The highest BCUT2D eigenvalue weighted by molar-refractivity contribution is 5.84. The Morgan fingerprint density at radius 2 is 1.58 bits per heavy atom. The Bertz CT molecular complexity index is 878. The summed E-state index contributed by atoms with van der Waals surface area (Å²) in [5, 5.41) is 15.6. The second-order valence-electron chi connectivity index (χ2n) is 10.4. The van der Waals surface area contributed by atoms with Crippen LogP contribution < -0.4 is 10.1 Å². The molecule has 4 nitrogen and oxygen atoms in total. The van der Waals surface area contributed by atoms with Crippen molar-refractivity contribution in [3.8, 4) is 5.75 Å². The van der Waals surface area contributed by atoms with Crippen molar-refractivity contribution in [1.29, 1.82) is 0 Å². The molecular weight excluding hydrogens is 386 g/mol. The van der Waals surface area contributed by atoms with Crippen LogP contribution in [0.5, 0.6) is 5.75 Å². The molecule has 31 heavy (non-hydrogen) atoms. The largest absolute Gasteiger partial charge is 0.490 e. The predicted octanol–water partition coefficient (Wildman–Crippen LogP) is 6.61. The van der Waals surface area contributed by atoms with E-state index in [0.717, 1.165) is 56.7 Å². The second kappa shape index (κ2) is 8.73. The molecule has 0 saturated heterocycles. The highest BCUT2D eigenvalue weighted by Crippen LogP contribution is 2.48. The summed E-state index contributed by atoms with van der Waals surface area (Å²) >= 11 is 0. The molecule has 0 aliphatic heterocycles. The zero-order chi connectivity index (χ0) is 21.3. The molecule has 0 atom stereocenters. The van der Waals surface area contributed by atoms with Crippen molar-refractivity contribution in [2.45, 2.75) is 101 Å². The van der Waals surface area contributed by atoms with E-state index < -0.39 is 0 Å². The van der Waals surface area contributed by atoms with Crippen molar-refractivity contribution in [3.05, 3.63) is 42.0 Å². The number of fused-ring (bicyclic) bond motifs is 4. The van der Waals surface area contributed by atoms with Gasteiger partial charge in [-0.05, 0) is 105 Å². The normalized spacial score (nSPS) is 33.0. The summed E-state index contributed by atoms with van der Waals surface area (Å²) in [6, 6.07) is 13.3. The lowest BCUT2D eigenvalue weighted by molar-refractivity contribution is -0.343. The maximum absolute atomic E-state index is 9.26. The standard InChI is InChI=1S/C27H37NO3/c1-2-20-4-8-24(9-5-20)30-25-10-7-22-17-21(3-6-23(22)18-25)19-28-26-11-14-27(31-29,15-12-26)16-13-26/h3,6-7,10,17-18,20,24,28-29H,2,4-5,8-9,11-16,19H2,1H3. The molecule has 0 spiro atoms. The molecule has 0 unspecified atom stereocenters. The predicted molar refractivity (Wildman–Crippen MR) is 124 cm³/mol. The maximum atomic E-state index is 9.26. The van der Waals surface area contributed by atoms with Crippen molar-refractivity contribution in [1.82, 2.24) is 5.32 Å². The van der Waals surface area contributed by atoms with Crippen molar-refractivity contribution in [2.75, 3.05) is 0 Å². The van der Waals surface area contributed by atoms with Gasteiger partial charge in [0.1, 0.15) is 11.4 Å². The van der Waals surface area contributed by atoms with Crippen molar-refractivity contribution in [3.63, 3.8) is 0 Å². The lowest BCUT2D eigenvalue weighted by Crippen LogP contribution is -2.57. The van der Waals surface area contributed by atoms with Crippen LogP contribution in [0.3, 0.4) is 0 Å². The van der Waals surface area contributed by atoms with E-state index in [1.165, 1.54) is 48.4 Å². The van der Waals surface area contributed by atoms with Crippen molar-refractivity contribution in [2.24, 2.45) is 5.92 Å². The number of nitrogens with one attached hydrogen (secondary N) is 1. The van der Waals surface area contributed by atoms with Crippen LogP contribution in [0.25, 0.3) is 10.8 Å². The summed E-state index contributed by atoms with van der Waals surface area (Å²) in [4.78, 5) is 4.85. The summed E-state index contributed by atoms with van der Waals surface area (Å²) in [5.74, 6) is 1.91. The van der Waals surface area contributed by atoms with Gasteiger partial charge in [0.2, 0.25) is 0 Å². The van der Waals surface area contributed by atoms with Crippen LogP contribution in [-0.2, 0) is 11.4 Å². The summed E-state index contributed by atoms with van der Waals surface area (Å²) in [5.41, 5.74) is 1.28. The molecule has 168 valence electrons. The molecular formula is C27H37NO3. The Balaban J connectivity index is 1.20. The molecule has 2 N–H and O–H groups in total. The average molecular weight is 424 g/mol. The first-order chi connectivity index (χ1) is 15.1. The quantitative estimate of drug-likeness (QED) is 0.388. The lowest BCUT2D eigenvalue weighted by atomic mass is 9.63. The monoisotopic (exact) mass is 423 g/mol. The Morgan fingerprint density at radius 3 is 2.26 bits per heavy atom. The first-order valence-corrected chi connectivity index (χ1v) is 12.4. The third kappa shape index (κ3) is 4.48. The van der Waals surface area contributed by atoms with Gasteiger partial charge < -0.3 is 10.1 Å². The minimum absolute atomic E-state index is 0.212. The Morgan fingerprint density at radius 1 is 0.903 bits per heavy atom. The van der Waals surface area contributed by atoms with Gasteiger partial charge in [0.15, 0.2) is 0 Å². The molecule has 0 heterocycles.